The molecule has 0 N–H and O–H groups in total. The predicted molar refractivity (Wildman–Crippen MR) is 11.2 cm³/mol. The smallest absolute Gasteiger partial charge is 0.181 e. The summed E-state index contributed by atoms with van der Waals surface area (Å²) in [6.45, 7) is 0. The second kappa shape index (κ2) is 18.7. The maximum atomic E-state index is 7.26. The van der Waals surface area contributed by atoms with Crippen molar-refractivity contribution < 1.29 is 39.6 Å². The first kappa shape index (κ1) is 16.3. The van der Waals surface area contributed by atoms with Crippen LogP contribution in [0.5, 0.6) is 0 Å². The van der Waals surface area contributed by atoms with Crippen LogP contribution in [0.25, 0.3) is 0 Å². The van der Waals surface area contributed by atoms with E-state index in [0.29, 0.717) is 0 Å². The molecule has 0 amide bonds. The van der Waals surface area contributed by atoms with E-state index < -0.39 is 0 Å². The predicted octanol–water partition coefficient (Wildman–Crippen LogP) is 0.0286. The molecule has 0 saturated carbocycles. The molecule has 0 aromatic rings. The Bertz CT molecular complexity index is 66.5. The summed E-state index contributed by atoms with van der Waals surface area (Å²) in [6, 6.07) is 2.47. The third kappa shape index (κ3) is 28.7. The first-order valence-corrected chi connectivity index (χ1v) is 0.697. The Balaban J connectivity index is -0.0000000450. The molecular weight excluding hydrogens is 310 g/mol. The SMILES string of the molecule is N#CC#N.[Ir].[Zn]. The van der Waals surface area contributed by atoms with Crippen LogP contribution in [0.2, 0.25) is 0 Å². The van der Waals surface area contributed by atoms with E-state index in [-0.39, 0.29) is 39.6 Å². The van der Waals surface area contributed by atoms with Gasteiger partial charge in [-0.2, -0.15) is 10.5 Å². The van der Waals surface area contributed by atoms with Crippen molar-refractivity contribution >= 4 is 0 Å². The molecule has 0 aliphatic rings. The second-order valence-corrected chi connectivity index (χ2v) is 0.224. The largest absolute Gasteiger partial charge is 0.181 e. The van der Waals surface area contributed by atoms with Gasteiger partial charge in [0, 0.05) is 39.6 Å². The number of rotatable bonds is 0. The average Bonchev–Trinajstić information content (AvgIpc) is 1.37. The molecule has 2 nitrogen and oxygen atoms in total. The molecule has 0 aromatic heterocycles. The van der Waals surface area contributed by atoms with Crippen LogP contribution in [0.3, 0.4) is 0 Å². The Kier molecular flexibility index (Phi) is 50.9. The Morgan fingerprint density at radius 1 is 1.00 bits per heavy atom. The summed E-state index contributed by atoms with van der Waals surface area (Å²) in [4.78, 5) is 0. The molecule has 4 heteroatoms. The molecule has 0 saturated heterocycles. The van der Waals surface area contributed by atoms with Crippen molar-refractivity contribution in [3.8, 4) is 12.1 Å². The molecule has 29 valence electrons. The molecule has 0 atom stereocenters. The minimum Gasteiger partial charge on any atom is -0.181 e. The Labute approximate surface area is 62.3 Å². The zero-order valence-corrected chi connectivity index (χ0v) is 8.30. The van der Waals surface area contributed by atoms with Gasteiger partial charge < -0.3 is 0 Å². The van der Waals surface area contributed by atoms with E-state index in [2.05, 4.69) is 0 Å². The minimum atomic E-state index is 0. The van der Waals surface area contributed by atoms with E-state index in [1.54, 1.807) is 0 Å². The number of nitrogens with zero attached hydrogens (tertiary/aromatic N) is 2. The molecule has 0 aromatic carbocycles. The molecule has 0 spiro atoms. The number of hydrogen-bond acceptors (Lipinski definition) is 2. The molecule has 1 radical (unpaired) electrons. The Morgan fingerprint density at radius 2 is 1.17 bits per heavy atom. The van der Waals surface area contributed by atoms with Crippen LogP contribution >= 0.6 is 0 Å². The van der Waals surface area contributed by atoms with Crippen LogP contribution in [0.1, 0.15) is 0 Å². The van der Waals surface area contributed by atoms with Gasteiger partial charge in [-0.1, -0.05) is 0 Å². The van der Waals surface area contributed by atoms with Gasteiger partial charge in [0.25, 0.3) is 0 Å². The quantitative estimate of drug-likeness (QED) is 0.593. The van der Waals surface area contributed by atoms with Crippen LogP contribution in [-0.4, -0.2) is 0 Å². The van der Waals surface area contributed by atoms with E-state index in [0.717, 1.165) is 0 Å². The minimum absolute atomic E-state index is 0. The molecule has 0 fully saturated rings. The van der Waals surface area contributed by atoms with E-state index in [1.807, 2.05) is 0 Å². The first-order valence-electron chi connectivity index (χ1n) is 0.697. The van der Waals surface area contributed by atoms with Gasteiger partial charge in [-0.15, -0.1) is 0 Å². The van der Waals surface area contributed by atoms with E-state index in [4.69, 9.17) is 10.5 Å². The molecule has 0 aliphatic heterocycles. The monoisotopic (exact) mass is 309 g/mol. The van der Waals surface area contributed by atoms with Crippen molar-refractivity contribution in [3.63, 3.8) is 0 Å². The summed E-state index contributed by atoms with van der Waals surface area (Å²) in [5.74, 6) is 0. The van der Waals surface area contributed by atoms with Gasteiger partial charge >= 0.3 is 0 Å². The van der Waals surface area contributed by atoms with E-state index in [9.17, 15) is 0 Å². The van der Waals surface area contributed by atoms with Crippen LogP contribution in [0.4, 0.5) is 0 Å². The van der Waals surface area contributed by atoms with Crippen LogP contribution in [0.15, 0.2) is 0 Å². The van der Waals surface area contributed by atoms with Crippen molar-refractivity contribution in [2.24, 2.45) is 0 Å². The second-order valence-electron chi connectivity index (χ2n) is 0.224. The van der Waals surface area contributed by atoms with Gasteiger partial charge in [0.2, 0.25) is 0 Å². The van der Waals surface area contributed by atoms with Crippen molar-refractivity contribution in [1.29, 1.82) is 10.5 Å². The van der Waals surface area contributed by atoms with Gasteiger partial charge in [0.05, 0.1) is 0 Å². The van der Waals surface area contributed by atoms with Gasteiger partial charge in [-0.05, 0) is 0 Å². The van der Waals surface area contributed by atoms with Crippen LogP contribution in [-0.2, 0) is 39.6 Å². The van der Waals surface area contributed by atoms with Crippen molar-refractivity contribution in [3.05, 3.63) is 0 Å². The molecule has 0 bridgehead atoms. The van der Waals surface area contributed by atoms with Gasteiger partial charge in [0.15, 0.2) is 12.1 Å². The normalized spacial score (nSPS) is 1.67. The summed E-state index contributed by atoms with van der Waals surface area (Å²) in [6.07, 6.45) is 0. The summed E-state index contributed by atoms with van der Waals surface area (Å²) in [5, 5.41) is 14.5. The summed E-state index contributed by atoms with van der Waals surface area (Å²) >= 11 is 0. The Hall–Kier alpha value is 0.253. The third-order valence-electron chi connectivity index (χ3n) is 0.0500. The van der Waals surface area contributed by atoms with E-state index >= 15 is 0 Å². The van der Waals surface area contributed by atoms with Crippen LogP contribution in [0, 0.1) is 22.7 Å². The molecule has 6 heavy (non-hydrogen) atoms. The molecule has 0 aliphatic carbocycles. The molecule has 0 heterocycles. The molecule has 0 unspecified atom stereocenters. The maximum absolute atomic E-state index is 7.26. The topological polar surface area (TPSA) is 47.6 Å². The van der Waals surface area contributed by atoms with Gasteiger partial charge in [-0.25, -0.2) is 0 Å². The first-order chi connectivity index (χ1) is 1.91. The maximum Gasteiger partial charge on any atom is 0.181 e. The van der Waals surface area contributed by atoms with Crippen molar-refractivity contribution in [2.45, 2.75) is 0 Å². The zero-order chi connectivity index (χ0) is 3.41. The van der Waals surface area contributed by atoms with Gasteiger partial charge in [0.1, 0.15) is 0 Å². The van der Waals surface area contributed by atoms with Crippen molar-refractivity contribution in [1.82, 2.24) is 0 Å². The third-order valence-corrected chi connectivity index (χ3v) is 0.0500. The summed E-state index contributed by atoms with van der Waals surface area (Å²) in [7, 11) is 0. The zero-order valence-electron chi connectivity index (χ0n) is 2.93. The Morgan fingerprint density at radius 3 is 1.17 bits per heavy atom. The van der Waals surface area contributed by atoms with Crippen molar-refractivity contribution in [2.75, 3.05) is 0 Å². The van der Waals surface area contributed by atoms with Gasteiger partial charge in [-0.3, -0.25) is 0 Å². The summed E-state index contributed by atoms with van der Waals surface area (Å²) in [5.41, 5.74) is 0. The fraction of sp³-hybridized carbons (Fsp3) is 0. The standard InChI is InChI=1S/C2N2.Ir.Zn/c3-1-2-4;;. The molecular formula is C2IrN2Zn. The fourth-order valence-electron chi connectivity index (χ4n) is 0. The average molecular weight is 310 g/mol. The van der Waals surface area contributed by atoms with Crippen LogP contribution < -0.4 is 0 Å². The summed E-state index contributed by atoms with van der Waals surface area (Å²) < 4.78 is 0. The van der Waals surface area contributed by atoms with E-state index in [1.165, 1.54) is 12.1 Å². The number of nitriles is 2. The fourth-order valence-corrected chi connectivity index (χ4v) is 0. The number of hydrogen-bond donors (Lipinski definition) is 0. The molecule has 0 rings (SSSR count).